The number of carbonyl (C=O) groups is 4. The van der Waals surface area contributed by atoms with Crippen molar-refractivity contribution in [1.82, 2.24) is 16.0 Å². The molecule has 0 saturated carbocycles. The SMILES string of the molecule is CCC(C)C(NC(=O)C(CCCN=C(N)N)NC(=O)C(N)CC(C)C)C(=O)NC(C(=O)O)C(C)C. The number of aliphatic carboxylic acids is 1. The molecule has 0 aromatic heterocycles. The van der Waals surface area contributed by atoms with Crippen molar-refractivity contribution in [1.29, 1.82) is 0 Å². The number of carbonyl (C=O) groups excluding carboxylic acids is 3. The first-order chi connectivity index (χ1) is 16.2. The van der Waals surface area contributed by atoms with Crippen molar-refractivity contribution in [2.45, 2.75) is 91.4 Å². The first-order valence-corrected chi connectivity index (χ1v) is 12.2. The lowest BCUT2D eigenvalue weighted by Gasteiger charge is -2.29. The molecular weight excluding hydrogens is 454 g/mol. The smallest absolute Gasteiger partial charge is 0.326 e. The zero-order valence-electron chi connectivity index (χ0n) is 21.8. The third-order valence-electron chi connectivity index (χ3n) is 5.66. The molecule has 0 aliphatic carbocycles. The number of hydrogen-bond donors (Lipinski definition) is 7. The highest BCUT2D eigenvalue weighted by Crippen LogP contribution is 2.12. The van der Waals surface area contributed by atoms with Crippen molar-refractivity contribution in [3.8, 4) is 0 Å². The third-order valence-corrected chi connectivity index (χ3v) is 5.66. The maximum Gasteiger partial charge on any atom is 0.326 e. The summed E-state index contributed by atoms with van der Waals surface area (Å²) in [5, 5.41) is 17.3. The lowest BCUT2D eigenvalue weighted by atomic mass is 9.96. The maximum atomic E-state index is 13.2. The summed E-state index contributed by atoms with van der Waals surface area (Å²) in [6.45, 7) is 11.1. The number of rotatable bonds is 16. The molecule has 0 aromatic carbocycles. The van der Waals surface area contributed by atoms with Crippen LogP contribution in [-0.4, -0.2) is 65.5 Å². The van der Waals surface area contributed by atoms with Gasteiger partial charge in [0.05, 0.1) is 6.04 Å². The van der Waals surface area contributed by atoms with Gasteiger partial charge in [-0.15, -0.1) is 0 Å². The van der Waals surface area contributed by atoms with Crippen molar-refractivity contribution < 1.29 is 24.3 Å². The van der Waals surface area contributed by atoms with Crippen molar-refractivity contribution >= 4 is 29.7 Å². The molecular formula is C23H45N7O5. The Morgan fingerprint density at radius 3 is 1.91 bits per heavy atom. The van der Waals surface area contributed by atoms with Gasteiger partial charge in [-0.1, -0.05) is 48.0 Å². The zero-order valence-corrected chi connectivity index (χ0v) is 21.8. The Hall–Kier alpha value is -2.89. The predicted molar refractivity (Wildman–Crippen MR) is 135 cm³/mol. The molecule has 0 aliphatic rings. The molecule has 12 heteroatoms. The Morgan fingerprint density at radius 2 is 1.46 bits per heavy atom. The van der Waals surface area contributed by atoms with E-state index in [0.717, 1.165) is 0 Å². The average molecular weight is 500 g/mol. The van der Waals surface area contributed by atoms with Gasteiger partial charge in [-0.25, -0.2) is 4.79 Å². The molecule has 0 fully saturated rings. The van der Waals surface area contributed by atoms with Gasteiger partial charge >= 0.3 is 5.97 Å². The average Bonchev–Trinajstić information content (AvgIpc) is 2.75. The summed E-state index contributed by atoms with van der Waals surface area (Å²) in [6, 6.07) is -3.86. The van der Waals surface area contributed by atoms with Crippen LogP contribution in [-0.2, 0) is 19.2 Å². The number of carboxylic acids is 1. The fraction of sp³-hybridized carbons (Fsp3) is 0.783. The minimum Gasteiger partial charge on any atom is -0.480 e. The number of nitrogens with two attached hydrogens (primary N) is 3. The Bertz CT molecular complexity index is 738. The van der Waals surface area contributed by atoms with E-state index in [4.69, 9.17) is 17.2 Å². The number of guanidine groups is 1. The number of nitrogens with zero attached hydrogens (tertiary/aromatic N) is 1. The Morgan fingerprint density at radius 1 is 0.886 bits per heavy atom. The van der Waals surface area contributed by atoms with Crippen LogP contribution in [0.4, 0.5) is 0 Å². The van der Waals surface area contributed by atoms with E-state index < -0.39 is 47.9 Å². The van der Waals surface area contributed by atoms with E-state index in [1.54, 1.807) is 20.8 Å². The Kier molecular flexibility index (Phi) is 14.6. The van der Waals surface area contributed by atoms with Gasteiger partial charge in [0, 0.05) is 6.54 Å². The van der Waals surface area contributed by atoms with Gasteiger partial charge in [0.15, 0.2) is 5.96 Å². The van der Waals surface area contributed by atoms with Crippen molar-refractivity contribution in [3.05, 3.63) is 0 Å². The molecule has 0 bridgehead atoms. The second-order valence-corrected chi connectivity index (χ2v) is 9.69. The van der Waals surface area contributed by atoms with Crippen LogP contribution < -0.4 is 33.2 Å². The summed E-state index contributed by atoms with van der Waals surface area (Å²) in [5.41, 5.74) is 16.7. The van der Waals surface area contributed by atoms with Crippen molar-refractivity contribution in [2.24, 2.45) is 39.9 Å². The summed E-state index contributed by atoms with van der Waals surface area (Å²) >= 11 is 0. The zero-order chi connectivity index (χ0) is 27.3. The fourth-order valence-corrected chi connectivity index (χ4v) is 3.38. The quantitative estimate of drug-likeness (QED) is 0.0844. The minimum absolute atomic E-state index is 0.0827. The Balaban J connectivity index is 5.65. The molecule has 0 rings (SSSR count). The highest BCUT2D eigenvalue weighted by Gasteiger charge is 2.33. The summed E-state index contributed by atoms with van der Waals surface area (Å²) in [5.74, 6) is -3.35. The van der Waals surface area contributed by atoms with Crippen LogP contribution in [0.2, 0.25) is 0 Å². The van der Waals surface area contributed by atoms with E-state index in [2.05, 4.69) is 20.9 Å². The lowest BCUT2D eigenvalue weighted by molar-refractivity contribution is -0.144. The highest BCUT2D eigenvalue weighted by atomic mass is 16.4. The van der Waals surface area contributed by atoms with Crippen LogP contribution in [0.3, 0.4) is 0 Å². The first kappa shape index (κ1) is 32.1. The van der Waals surface area contributed by atoms with Gasteiger partial charge in [0.2, 0.25) is 17.7 Å². The van der Waals surface area contributed by atoms with E-state index in [9.17, 15) is 24.3 Å². The van der Waals surface area contributed by atoms with E-state index in [0.29, 0.717) is 19.3 Å². The van der Waals surface area contributed by atoms with Gasteiger partial charge in [-0.2, -0.15) is 0 Å². The molecule has 5 unspecified atom stereocenters. The molecule has 0 radical (unpaired) electrons. The van der Waals surface area contributed by atoms with Gasteiger partial charge in [-0.05, 0) is 37.0 Å². The molecule has 0 aromatic rings. The second-order valence-electron chi connectivity index (χ2n) is 9.69. The molecule has 0 aliphatic heterocycles. The summed E-state index contributed by atoms with van der Waals surface area (Å²) in [4.78, 5) is 54.2. The van der Waals surface area contributed by atoms with Crippen molar-refractivity contribution in [3.63, 3.8) is 0 Å². The van der Waals surface area contributed by atoms with Gasteiger partial charge in [0.25, 0.3) is 0 Å². The molecule has 202 valence electrons. The van der Waals surface area contributed by atoms with Gasteiger partial charge in [-0.3, -0.25) is 19.4 Å². The fourth-order valence-electron chi connectivity index (χ4n) is 3.38. The molecule has 12 nitrogen and oxygen atoms in total. The number of aliphatic imine (C=N–C) groups is 1. The Labute approximate surface area is 208 Å². The van der Waals surface area contributed by atoms with Crippen LogP contribution in [0.5, 0.6) is 0 Å². The molecule has 0 saturated heterocycles. The standard InChI is InChI=1S/C23H45N7O5/c1-7-14(6)18(21(33)29-17(13(4)5)22(34)35)30-20(32)16(9-8-10-27-23(25)26)28-19(31)15(24)11-12(2)3/h12-18H,7-11,24H2,1-6H3,(H,28,31)(H,29,33)(H,30,32)(H,34,35)(H4,25,26,27). The molecule has 3 amide bonds. The lowest BCUT2D eigenvalue weighted by Crippen LogP contribution is -2.59. The van der Waals surface area contributed by atoms with E-state index in [1.165, 1.54) is 0 Å². The first-order valence-electron chi connectivity index (χ1n) is 12.2. The predicted octanol–water partition coefficient (Wildman–Crippen LogP) is -0.345. The number of amides is 3. The minimum atomic E-state index is -1.16. The van der Waals surface area contributed by atoms with Crippen LogP contribution in [0, 0.1) is 17.8 Å². The summed E-state index contributed by atoms with van der Waals surface area (Å²) in [7, 11) is 0. The molecule has 5 atom stereocenters. The maximum absolute atomic E-state index is 13.2. The summed E-state index contributed by atoms with van der Waals surface area (Å²) in [6.07, 6.45) is 1.60. The topological polar surface area (TPSA) is 215 Å². The highest BCUT2D eigenvalue weighted by molar-refractivity contribution is 5.94. The number of hydrogen-bond acceptors (Lipinski definition) is 6. The normalized spacial score (nSPS) is 15.5. The van der Waals surface area contributed by atoms with Crippen molar-refractivity contribution in [2.75, 3.05) is 6.54 Å². The van der Waals surface area contributed by atoms with E-state index in [-0.39, 0.29) is 36.7 Å². The molecule has 0 spiro atoms. The second kappa shape index (κ2) is 15.9. The van der Waals surface area contributed by atoms with Crippen LogP contribution in [0.25, 0.3) is 0 Å². The largest absolute Gasteiger partial charge is 0.480 e. The van der Waals surface area contributed by atoms with Crippen LogP contribution in [0.15, 0.2) is 4.99 Å². The van der Waals surface area contributed by atoms with Gasteiger partial charge in [0.1, 0.15) is 18.1 Å². The van der Waals surface area contributed by atoms with E-state index in [1.807, 2.05) is 20.8 Å². The number of nitrogens with one attached hydrogen (secondary N) is 3. The third kappa shape index (κ3) is 12.4. The molecule has 35 heavy (non-hydrogen) atoms. The van der Waals surface area contributed by atoms with Crippen LogP contribution >= 0.6 is 0 Å². The van der Waals surface area contributed by atoms with Crippen LogP contribution in [0.1, 0.15) is 67.2 Å². The van der Waals surface area contributed by atoms with Gasteiger partial charge < -0.3 is 38.3 Å². The molecule has 0 heterocycles. The monoisotopic (exact) mass is 499 g/mol. The van der Waals surface area contributed by atoms with E-state index >= 15 is 0 Å². The summed E-state index contributed by atoms with van der Waals surface area (Å²) < 4.78 is 0. The number of carboxylic acid groups (broad SMARTS) is 1. The molecule has 10 N–H and O–H groups in total.